The predicted molar refractivity (Wildman–Crippen MR) is 262 cm³/mol. The summed E-state index contributed by atoms with van der Waals surface area (Å²) in [6.07, 6.45) is -1.62. The average molecular weight is 976 g/mol. The number of nitrogens with two attached hydrogens (primary N) is 1. The third-order valence-electron chi connectivity index (χ3n) is 9.60. The van der Waals surface area contributed by atoms with Crippen LogP contribution in [0.15, 0.2) is 18.2 Å². The van der Waals surface area contributed by atoms with E-state index in [1.54, 1.807) is 125 Å². The summed E-state index contributed by atoms with van der Waals surface area (Å²) >= 11 is 0. The molecule has 0 heterocycles. The van der Waals surface area contributed by atoms with E-state index in [1.165, 1.54) is 18.2 Å². The summed E-state index contributed by atoms with van der Waals surface area (Å²) in [5, 5.41) is 5.99. The Hall–Kier alpha value is -5.22. The first kappa shape index (κ1) is 61.8. The molecule has 17 nitrogen and oxygen atoms in total. The lowest BCUT2D eigenvalue weighted by Gasteiger charge is -2.36. The van der Waals surface area contributed by atoms with Crippen LogP contribution in [0.25, 0.3) is 0 Å². The zero-order valence-electron chi connectivity index (χ0n) is 45.0. The van der Waals surface area contributed by atoms with Gasteiger partial charge in [-0.3, -0.25) is 38.4 Å². The fraction of sp³-hybridized carbons (Fsp3) is 0.731. The maximum atomic E-state index is 14.6. The number of amides is 2. The minimum Gasteiger partial charge on any atom is -0.460 e. The van der Waals surface area contributed by atoms with Crippen molar-refractivity contribution >= 4 is 53.3 Å². The number of anilines is 1. The zero-order chi connectivity index (χ0) is 53.6. The maximum Gasteiger partial charge on any atom is 0.306 e. The quantitative estimate of drug-likeness (QED) is 0.0558. The number of nitrogen functional groups attached to an aromatic ring is 1. The third kappa shape index (κ3) is 28.1. The Morgan fingerprint density at radius 1 is 0.348 bits per heavy atom. The number of rotatable bonds is 22. The molecule has 69 heavy (non-hydrogen) atoms. The second kappa shape index (κ2) is 24.6. The van der Waals surface area contributed by atoms with Crippen LogP contribution in [0.2, 0.25) is 0 Å². The van der Waals surface area contributed by atoms with Gasteiger partial charge in [0.2, 0.25) is 0 Å². The molecule has 1 rings (SSSR count). The van der Waals surface area contributed by atoms with Gasteiger partial charge in [0.1, 0.15) is 33.6 Å². The molecule has 0 aromatic heterocycles. The Labute approximate surface area is 411 Å². The molecule has 0 aliphatic carbocycles. The van der Waals surface area contributed by atoms with Crippen molar-refractivity contribution in [3.05, 3.63) is 29.3 Å². The summed E-state index contributed by atoms with van der Waals surface area (Å²) in [5.74, 6) is -4.96. The molecule has 0 unspecified atom stereocenters. The van der Waals surface area contributed by atoms with Gasteiger partial charge in [-0.1, -0.05) is 0 Å². The van der Waals surface area contributed by atoms with E-state index in [2.05, 4.69) is 10.6 Å². The van der Waals surface area contributed by atoms with Gasteiger partial charge in [-0.25, -0.2) is 0 Å². The van der Waals surface area contributed by atoms with Crippen molar-refractivity contribution < 1.29 is 66.8 Å². The first-order valence-corrected chi connectivity index (χ1v) is 23.8. The van der Waals surface area contributed by atoms with Crippen LogP contribution in [-0.2, 0) is 57.2 Å². The van der Waals surface area contributed by atoms with Gasteiger partial charge in [0, 0.05) is 66.4 Å². The molecule has 0 saturated carbocycles. The van der Waals surface area contributed by atoms with E-state index in [4.69, 9.17) is 34.2 Å². The molecule has 0 fully saturated rings. The molecule has 392 valence electrons. The van der Waals surface area contributed by atoms with Gasteiger partial charge in [0.05, 0.1) is 0 Å². The zero-order valence-corrected chi connectivity index (χ0v) is 45.0. The number of nitrogens with one attached hydrogen (secondary N) is 2. The van der Waals surface area contributed by atoms with Crippen molar-refractivity contribution in [2.45, 2.75) is 246 Å². The van der Waals surface area contributed by atoms with Gasteiger partial charge in [-0.05, 0) is 181 Å². The predicted octanol–water partition coefficient (Wildman–Crippen LogP) is 8.94. The highest BCUT2D eigenvalue weighted by atomic mass is 16.6. The number of esters is 6. The van der Waals surface area contributed by atoms with Crippen molar-refractivity contribution in [3.63, 3.8) is 0 Å². The third-order valence-corrected chi connectivity index (χ3v) is 9.60. The van der Waals surface area contributed by atoms with Gasteiger partial charge < -0.3 is 44.8 Å². The number of benzene rings is 1. The molecule has 0 spiro atoms. The van der Waals surface area contributed by atoms with Crippen LogP contribution in [-0.4, -0.2) is 92.3 Å². The van der Waals surface area contributed by atoms with E-state index in [1.807, 2.05) is 0 Å². The van der Waals surface area contributed by atoms with Crippen molar-refractivity contribution in [1.82, 2.24) is 10.6 Å². The van der Waals surface area contributed by atoms with Crippen LogP contribution in [0.3, 0.4) is 0 Å². The Balaban J connectivity index is 3.94. The number of carbonyl (C=O) groups is 8. The molecule has 1 aromatic carbocycles. The van der Waals surface area contributed by atoms with Crippen LogP contribution < -0.4 is 16.4 Å². The lowest BCUT2D eigenvalue weighted by Crippen LogP contribution is -2.50. The Morgan fingerprint density at radius 2 is 0.522 bits per heavy atom. The Morgan fingerprint density at radius 3 is 0.681 bits per heavy atom. The summed E-state index contributed by atoms with van der Waals surface area (Å²) in [6, 6.07) is 3.97. The molecule has 0 bridgehead atoms. The molecule has 0 aliphatic rings. The van der Waals surface area contributed by atoms with Crippen LogP contribution in [0.1, 0.15) is 222 Å². The molecule has 4 N–H and O–H groups in total. The van der Waals surface area contributed by atoms with Crippen molar-refractivity contribution in [2.24, 2.45) is 0 Å². The summed E-state index contributed by atoms with van der Waals surface area (Å²) in [4.78, 5) is 108. The second-order valence-electron chi connectivity index (χ2n) is 23.8. The standard InChI is InChI=1S/C52H85N3O14/c1-45(2,3)64-37(56)19-25-51(26-20-38(57)65-46(4,5)6,27-21-39(58)66-47(7,8)9)54-43(62)34-31-35(33-36(53)32-34)44(63)55-52(28-22-40(59)67-48(10,11)12,29-23-41(60)68-49(13,14)15)30-24-42(61)69-50(16,17)18/h31-33H,19-30,53H2,1-18H3,(H,54,62)(H,55,63). The van der Waals surface area contributed by atoms with Crippen molar-refractivity contribution in [2.75, 3.05) is 5.73 Å². The highest BCUT2D eigenvalue weighted by molar-refractivity contribution is 6.01. The largest absolute Gasteiger partial charge is 0.460 e. The Bertz CT molecular complexity index is 1670. The molecule has 17 heteroatoms. The van der Waals surface area contributed by atoms with Gasteiger partial charge in [0.15, 0.2) is 0 Å². The monoisotopic (exact) mass is 976 g/mol. The highest BCUT2D eigenvalue weighted by Gasteiger charge is 2.38. The smallest absolute Gasteiger partial charge is 0.306 e. The van der Waals surface area contributed by atoms with Crippen LogP contribution >= 0.6 is 0 Å². The van der Waals surface area contributed by atoms with Crippen LogP contribution in [0.4, 0.5) is 5.69 Å². The normalized spacial score (nSPS) is 12.8. The van der Waals surface area contributed by atoms with E-state index in [9.17, 15) is 38.4 Å². The molecule has 0 aliphatic heterocycles. The molecule has 2 amide bonds. The number of hydrogen-bond acceptors (Lipinski definition) is 15. The van der Waals surface area contributed by atoms with E-state index < -0.39 is 92.3 Å². The first-order chi connectivity index (χ1) is 31.0. The van der Waals surface area contributed by atoms with Gasteiger partial charge >= 0.3 is 35.8 Å². The second-order valence-corrected chi connectivity index (χ2v) is 23.8. The molecule has 1 aromatic rings. The minimum atomic E-state index is -1.41. The first-order valence-electron chi connectivity index (χ1n) is 23.8. The van der Waals surface area contributed by atoms with E-state index in [-0.39, 0.29) is 93.9 Å². The summed E-state index contributed by atoms with van der Waals surface area (Å²) in [5.41, 5.74) is -1.55. The van der Waals surface area contributed by atoms with Crippen LogP contribution in [0.5, 0.6) is 0 Å². The molecular formula is C52H85N3O14. The van der Waals surface area contributed by atoms with Crippen LogP contribution in [0, 0.1) is 0 Å². The summed E-state index contributed by atoms with van der Waals surface area (Å²) in [6.45, 7) is 30.9. The number of ether oxygens (including phenoxy) is 6. The molecule has 0 radical (unpaired) electrons. The van der Waals surface area contributed by atoms with Gasteiger partial charge in [-0.2, -0.15) is 0 Å². The lowest BCUT2D eigenvalue weighted by molar-refractivity contribution is -0.158. The fourth-order valence-electron chi connectivity index (χ4n) is 7.07. The average Bonchev–Trinajstić information content (AvgIpc) is 3.11. The van der Waals surface area contributed by atoms with E-state index in [0.717, 1.165) is 0 Å². The molecule has 0 saturated heterocycles. The number of carbonyl (C=O) groups excluding carboxylic acids is 8. The van der Waals surface area contributed by atoms with Gasteiger partial charge in [-0.15, -0.1) is 0 Å². The summed E-state index contributed by atoms with van der Waals surface area (Å²) in [7, 11) is 0. The maximum absolute atomic E-state index is 14.6. The molecule has 0 atom stereocenters. The topological polar surface area (TPSA) is 242 Å². The summed E-state index contributed by atoms with van der Waals surface area (Å²) < 4.78 is 33.5. The fourth-order valence-corrected chi connectivity index (χ4v) is 7.07. The van der Waals surface area contributed by atoms with E-state index in [0.29, 0.717) is 0 Å². The van der Waals surface area contributed by atoms with E-state index >= 15 is 0 Å². The number of hydrogen-bond donors (Lipinski definition) is 3. The van der Waals surface area contributed by atoms with Crippen molar-refractivity contribution in [1.29, 1.82) is 0 Å². The lowest BCUT2D eigenvalue weighted by atomic mass is 9.82. The Kier molecular flexibility index (Phi) is 22.0. The highest BCUT2D eigenvalue weighted by Crippen LogP contribution is 2.32. The van der Waals surface area contributed by atoms with Crippen molar-refractivity contribution in [3.8, 4) is 0 Å². The molecular weight excluding hydrogens is 891 g/mol. The minimum absolute atomic E-state index is 0.0107. The SMILES string of the molecule is CC(C)(C)OC(=O)CCC(CCC(=O)OC(C)(C)C)(CCC(=O)OC(C)(C)C)NC(=O)c1cc(N)cc(C(=O)NC(CCC(=O)OC(C)(C)C)(CCC(=O)OC(C)(C)C)CCC(=O)OC(C)(C)C)c1. The van der Waals surface area contributed by atoms with Gasteiger partial charge in [0.25, 0.3) is 11.8 Å².